The average Bonchev–Trinajstić information content (AvgIpc) is 2.70. The van der Waals surface area contributed by atoms with Gasteiger partial charge in [0.25, 0.3) is 0 Å². The topological polar surface area (TPSA) is 70.7 Å². The number of ether oxygens (including phenoxy) is 1. The van der Waals surface area contributed by atoms with E-state index < -0.39 is 5.82 Å². The van der Waals surface area contributed by atoms with E-state index in [-0.39, 0.29) is 30.1 Å². The first-order valence-electron chi connectivity index (χ1n) is 8.83. The smallest absolute Gasteiger partial charge is 0.321 e. The fraction of sp³-hybridized carbons (Fsp3) is 0.300. The van der Waals surface area contributed by atoms with Gasteiger partial charge in [-0.15, -0.1) is 0 Å². The molecule has 2 aromatic carbocycles. The van der Waals surface area contributed by atoms with E-state index in [1.54, 1.807) is 35.2 Å². The molecule has 0 aliphatic carbocycles. The van der Waals surface area contributed by atoms with Gasteiger partial charge in [0, 0.05) is 13.1 Å². The number of hydrogen-bond donors (Lipinski definition) is 2. The molecule has 0 aromatic heterocycles. The van der Waals surface area contributed by atoms with Crippen LogP contribution in [-0.4, -0.2) is 37.0 Å². The molecule has 0 radical (unpaired) electrons. The zero-order valence-corrected chi connectivity index (χ0v) is 15.1. The standard InChI is InChI=1S/C20H22FN3O3/c1-27-18-11-5-4-10-17(18)23-20(26)24-12-6-7-14(13-24)19(25)22-16-9-3-2-8-15(16)21/h2-5,8-11,14H,6-7,12-13H2,1H3,(H,22,25)(H,23,26)/t14-/m0/s1. The predicted molar refractivity (Wildman–Crippen MR) is 101 cm³/mol. The lowest BCUT2D eigenvalue weighted by molar-refractivity contribution is -0.121. The van der Waals surface area contributed by atoms with Gasteiger partial charge in [-0.3, -0.25) is 4.79 Å². The summed E-state index contributed by atoms with van der Waals surface area (Å²) in [5.41, 5.74) is 0.723. The number of halogens is 1. The Morgan fingerprint density at radius 1 is 1.07 bits per heavy atom. The Bertz CT molecular complexity index is 828. The molecule has 0 bridgehead atoms. The molecule has 1 aliphatic heterocycles. The molecule has 1 atom stereocenters. The number of methoxy groups -OCH3 is 1. The summed E-state index contributed by atoms with van der Waals surface area (Å²) in [6.45, 7) is 0.839. The number of piperidine rings is 1. The lowest BCUT2D eigenvalue weighted by Gasteiger charge is -2.32. The van der Waals surface area contributed by atoms with Crippen molar-refractivity contribution in [2.75, 3.05) is 30.8 Å². The Balaban J connectivity index is 1.62. The van der Waals surface area contributed by atoms with Gasteiger partial charge in [0.15, 0.2) is 0 Å². The number of amides is 3. The first-order valence-corrected chi connectivity index (χ1v) is 8.83. The highest BCUT2D eigenvalue weighted by molar-refractivity contribution is 5.94. The largest absolute Gasteiger partial charge is 0.495 e. The minimum atomic E-state index is -0.479. The van der Waals surface area contributed by atoms with Crippen LogP contribution in [0.3, 0.4) is 0 Å². The van der Waals surface area contributed by atoms with Crippen LogP contribution in [0, 0.1) is 11.7 Å². The third kappa shape index (κ3) is 4.55. The van der Waals surface area contributed by atoms with Gasteiger partial charge in [-0.2, -0.15) is 0 Å². The summed E-state index contributed by atoms with van der Waals surface area (Å²) >= 11 is 0. The van der Waals surface area contributed by atoms with Crippen LogP contribution in [0.2, 0.25) is 0 Å². The molecule has 2 N–H and O–H groups in total. The molecule has 1 fully saturated rings. The lowest BCUT2D eigenvalue weighted by Crippen LogP contribution is -2.45. The molecule has 1 saturated heterocycles. The van der Waals surface area contributed by atoms with E-state index in [0.29, 0.717) is 30.8 Å². The molecule has 3 rings (SSSR count). The third-order valence-corrected chi connectivity index (χ3v) is 4.56. The number of rotatable bonds is 4. The zero-order chi connectivity index (χ0) is 19.2. The normalized spacial score (nSPS) is 16.5. The summed E-state index contributed by atoms with van der Waals surface area (Å²) in [6.07, 6.45) is 1.35. The van der Waals surface area contributed by atoms with Gasteiger partial charge in [0.2, 0.25) is 5.91 Å². The van der Waals surface area contributed by atoms with E-state index in [4.69, 9.17) is 4.74 Å². The summed E-state index contributed by atoms with van der Waals surface area (Å²) in [5.74, 6) is -0.583. The van der Waals surface area contributed by atoms with Crippen molar-refractivity contribution < 1.29 is 18.7 Å². The second-order valence-corrected chi connectivity index (χ2v) is 6.38. The molecular weight excluding hydrogens is 349 g/mol. The Hall–Kier alpha value is -3.09. The van der Waals surface area contributed by atoms with E-state index in [1.165, 1.54) is 19.2 Å². The first kappa shape index (κ1) is 18.7. The van der Waals surface area contributed by atoms with E-state index in [0.717, 1.165) is 0 Å². The predicted octanol–water partition coefficient (Wildman–Crippen LogP) is 3.72. The first-order chi connectivity index (χ1) is 13.1. The molecule has 0 saturated carbocycles. The van der Waals surface area contributed by atoms with Gasteiger partial charge in [0.05, 0.1) is 24.4 Å². The van der Waals surface area contributed by atoms with Crippen molar-refractivity contribution in [1.82, 2.24) is 4.90 Å². The van der Waals surface area contributed by atoms with Gasteiger partial charge in [0.1, 0.15) is 11.6 Å². The van der Waals surface area contributed by atoms with Crippen LogP contribution in [0.25, 0.3) is 0 Å². The van der Waals surface area contributed by atoms with Gasteiger partial charge in [-0.25, -0.2) is 9.18 Å². The molecule has 3 amide bonds. The van der Waals surface area contributed by atoms with Crippen LogP contribution in [0.5, 0.6) is 5.75 Å². The van der Waals surface area contributed by atoms with Crippen molar-refractivity contribution in [3.63, 3.8) is 0 Å². The highest BCUT2D eigenvalue weighted by atomic mass is 19.1. The number of benzene rings is 2. The van der Waals surface area contributed by atoms with Crippen LogP contribution >= 0.6 is 0 Å². The van der Waals surface area contributed by atoms with Crippen molar-refractivity contribution in [3.8, 4) is 5.75 Å². The summed E-state index contributed by atoms with van der Waals surface area (Å²) < 4.78 is 19.0. The Labute approximate surface area is 157 Å². The van der Waals surface area contributed by atoms with Crippen molar-refractivity contribution >= 4 is 23.3 Å². The molecule has 0 spiro atoms. The SMILES string of the molecule is COc1ccccc1NC(=O)N1CCC[C@H](C(=O)Nc2ccccc2F)C1. The number of carbonyl (C=O) groups excluding carboxylic acids is 2. The number of nitrogens with zero attached hydrogens (tertiary/aromatic N) is 1. The molecule has 0 unspecified atom stereocenters. The summed E-state index contributed by atoms with van der Waals surface area (Å²) in [7, 11) is 1.54. The number of para-hydroxylation sites is 3. The van der Waals surface area contributed by atoms with E-state index >= 15 is 0 Å². The van der Waals surface area contributed by atoms with E-state index in [1.807, 2.05) is 6.07 Å². The van der Waals surface area contributed by atoms with Crippen LogP contribution in [0.1, 0.15) is 12.8 Å². The van der Waals surface area contributed by atoms with Crippen LogP contribution in [0.4, 0.5) is 20.6 Å². The monoisotopic (exact) mass is 371 g/mol. The van der Waals surface area contributed by atoms with Crippen molar-refractivity contribution in [3.05, 3.63) is 54.3 Å². The maximum atomic E-state index is 13.7. The van der Waals surface area contributed by atoms with Crippen molar-refractivity contribution in [1.29, 1.82) is 0 Å². The molecule has 142 valence electrons. The lowest BCUT2D eigenvalue weighted by atomic mass is 9.97. The highest BCUT2D eigenvalue weighted by Gasteiger charge is 2.29. The van der Waals surface area contributed by atoms with Crippen molar-refractivity contribution in [2.45, 2.75) is 12.8 Å². The molecule has 7 heteroatoms. The maximum absolute atomic E-state index is 13.7. The number of anilines is 2. The van der Waals surface area contributed by atoms with Gasteiger partial charge in [-0.1, -0.05) is 24.3 Å². The van der Waals surface area contributed by atoms with E-state index in [2.05, 4.69) is 10.6 Å². The second-order valence-electron chi connectivity index (χ2n) is 6.38. The quantitative estimate of drug-likeness (QED) is 0.861. The highest BCUT2D eigenvalue weighted by Crippen LogP contribution is 2.25. The summed E-state index contributed by atoms with van der Waals surface area (Å²) in [5, 5.41) is 5.43. The minimum Gasteiger partial charge on any atom is -0.495 e. The molecular formula is C20H22FN3O3. The number of nitrogens with one attached hydrogen (secondary N) is 2. The second kappa shape index (κ2) is 8.53. The Morgan fingerprint density at radius 2 is 1.78 bits per heavy atom. The third-order valence-electron chi connectivity index (χ3n) is 4.56. The van der Waals surface area contributed by atoms with Crippen LogP contribution in [0.15, 0.2) is 48.5 Å². The Morgan fingerprint density at radius 3 is 2.52 bits per heavy atom. The molecule has 27 heavy (non-hydrogen) atoms. The number of hydrogen-bond acceptors (Lipinski definition) is 3. The number of likely N-dealkylation sites (tertiary alicyclic amines) is 1. The number of carbonyl (C=O) groups is 2. The van der Waals surface area contributed by atoms with Crippen LogP contribution in [-0.2, 0) is 4.79 Å². The maximum Gasteiger partial charge on any atom is 0.321 e. The van der Waals surface area contributed by atoms with Gasteiger partial charge < -0.3 is 20.3 Å². The zero-order valence-electron chi connectivity index (χ0n) is 15.1. The molecule has 1 heterocycles. The molecule has 2 aromatic rings. The minimum absolute atomic E-state index is 0.151. The summed E-state index contributed by atoms with van der Waals surface area (Å²) in [4.78, 5) is 26.7. The summed E-state index contributed by atoms with van der Waals surface area (Å²) in [6, 6.07) is 12.9. The number of urea groups is 1. The van der Waals surface area contributed by atoms with Gasteiger partial charge in [-0.05, 0) is 37.1 Å². The molecule has 1 aliphatic rings. The molecule has 6 nitrogen and oxygen atoms in total. The van der Waals surface area contributed by atoms with E-state index in [9.17, 15) is 14.0 Å². The Kier molecular flexibility index (Phi) is 5.90. The van der Waals surface area contributed by atoms with Crippen molar-refractivity contribution in [2.24, 2.45) is 5.92 Å². The fourth-order valence-corrected chi connectivity index (χ4v) is 3.12. The fourth-order valence-electron chi connectivity index (χ4n) is 3.12. The average molecular weight is 371 g/mol. The van der Waals surface area contributed by atoms with Gasteiger partial charge >= 0.3 is 6.03 Å². The van der Waals surface area contributed by atoms with Crippen LogP contribution < -0.4 is 15.4 Å².